The smallest absolute Gasteiger partial charge is 0.268 e. The fourth-order valence-corrected chi connectivity index (χ4v) is 1.87. The number of fused-ring (bicyclic) bond motifs is 1. The molecule has 0 atom stereocenters. The third-order valence-electron chi connectivity index (χ3n) is 2.80. The Morgan fingerprint density at radius 3 is 3.05 bits per heavy atom. The maximum Gasteiger partial charge on any atom is 0.268 e. The lowest BCUT2D eigenvalue weighted by Crippen LogP contribution is -2.22. The first-order chi connectivity index (χ1) is 9.22. The minimum absolute atomic E-state index is 0.203. The van der Waals surface area contributed by atoms with E-state index < -0.39 is 0 Å². The van der Waals surface area contributed by atoms with E-state index in [4.69, 9.17) is 10.3 Å². The summed E-state index contributed by atoms with van der Waals surface area (Å²) in [6.07, 6.45) is 1.53. The maximum absolute atomic E-state index is 12.0. The Labute approximate surface area is 108 Å². The second-order valence-electron chi connectivity index (χ2n) is 4.19. The van der Waals surface area contributed by atoms with Crippen LogP contribution in [0.4, 0.5) is 5.69 Å². The zero-order chi connectivity index (χ0) is 13.2. The third-order valence-corrected chi connectivity index (χ3v) is 2.80. The number of aromatic amines is 1. The second kappa shape index (κ2) is 4.49. The minimum Gasteiger partial charge on any atom is -0.399 e. The average Bonchev–Trinajstić information content (AvgIpc) is 3.04. The van der Waals surface area contributed by atoms with Gasteiger partial charge >= 0.3 is 0 Å². The molecule has 0 unspecified atom stereocenters. The number of amides is 1. The van der Waals surface area contributed by atoms with Gasteiger partial charge in [-0.05, 0) is 24.3 Å². The number of nitrogen functional groups attached to an aromatic ring is 1. The van der Waals surface area contributed by atoms with Crippen LogP contribution in [0.25, 0.3) is 10.9 Å². The molecule has 96 valence electrons. The van der Waals surface area contributed by atoms with Crippen molar-refractivity contribution in [3.63, 3.8) is 0 Å². The van der Waals surface area contributed by atoms with Crippen molar-refractivity contribution in [1.82, 2.24) is 15.5 Å². The number of hydrogen-bond acceptors (Lipinski definition) is 4. The molecule has 6 nitrogen and oxygen atoms in total. The summed E-state index contributed by atoms with van der Waals surface area (Å²) in [5.74, 6) is 0.403. The van der Waals surface area contributed by atoms with Gasteiger partial charge in [0.1, 0.15) is 5.69 Å². The summed E-state index contributed by atoms with van der Waals surface area (Å²) in [5.41, 5.74) is 7.73. The fraction of sp³-hybridized carbons (Fsp3) is 0.0769. The van der Waals surface area contributed by atoms with Crippen molar-refractivity contribution in [1.29, 1.82) is 0 Å². The Balaban J connectivity index is 1.77. The van der Waals surface area contributed by atoms with Gasteiger partial charge in [0.15, 0.2) is 5.76 Å². The summed E-state index contributed by atoms with van der Waals surface area (Å²) in [4.78, 5) is 15.0. The Morgan fingerprint density at radius 2 is 2.26 bits per heavy atom. The Bertz CT molecular complexity index is 715. The van der Waals surface area contributed by atoms with Crippen LogP contribution in [0.15, 0.2) is 41.1 Å². The molecule has 1 aromatic carbocycles. The summed E-state index contributed by atoms with van der Waals surface area (Å²) in [5, 5.41) is 7.22. The number of anilines is 1. The molecule has 0 aliphatic heterocycles. The van der Waals surface area contributed by atoms with Crippen LogP contribution < -0.4 is 11.1 Å². The molecule has 0 radical (unpaired) electrons. The molecular formula is C13H12N4O2. The van der Waals surface area contributed by atoms with Crippen molar-refractivity contribution in [2.24, 2.45) is 0 Å². The van der Waals surface area contributed by atoms with Gasteiger partial charge in [-0.15, -0.1) is 0 Å². The SMILES string of the molecule is Nc1ccc2[nH]c(C(=O)NCc3ccno3)cc2c1. The van der Waals surface area contributed by atoms with E-state index >= 15 is 0 Å². The number of carbonyl (C=O) groups is 1. The van der Waals surface area contributed by atoms with E-state index in [1.165, 1.54) is 6.20 Å². The number of hydrogen-bond donors (Lipinski definition) is 3. The molecule has 2 aromatic heterocycles. The van der Waals surface area contributed by atoms with Crippen molar-refractivity contribution < 1.29 is 9.32 Å². The molecule has 0 saturated heterocycles. The molecule has 1 amide bonds. The monoisotopic (exact) mass is 256 g/mol. The molecule has 0 aliphatic rings. The highest BCUT2D eigenvalue weighted by Gasteiger charge is 2.10. The van der Waals surface area contributed by atoms with Crippen LogP contribution in [0, 0.1) is 0 Å². The number of rotatable bonds is 3. The summed E-state index contributed by atoms with van der Waals surface area (Å²) >= 11 is 0. The van der Waals surface area contributed by atoms with E-state index in [2.05, 4.69) is 15.5 Å². The number of aromatic nitrogens is 2. The number of benzene rings is 1. The molecular weight excluding hydrogens is 244 g/mol. The fourth-order valence-electron chi connectivity index (χ4n) is 1.87. The molecule has 0 spiro atoms. The van der Waals surface area contributed by atoms with E-state index in [0.29, 0.717) is 23.7 Å². The quantitative estimate of drug-likeness (QED) is 0.621. The third kappa shape index (κ3) is 2.28. The molecule has 3 aromatic rings. The van der Waals surface area contributed by atoms with Crippen LogP contribution in [-0.2, 0) is 6.54 Å². The number of nitrogens with two attached hydrogens (primary N) is 1. The number of nitrogens with one attached hydrogen (secondary N) is 2. The van der Waals surface area contributed by atoms with Gasteiger partial charge in [-0.25, -0.2) is 0 Å². The Morgan fingerprint density at radius 1 is 1.37 bits per heavy atom. The molecule has 0 saturated carbocycles. The first-order valence-corrected chi connectivity index (χ1v) is 5.78. The topological polar surface area (TPSA) is 96.9 Å². The van der Waals surface area contributed by atoms with Crippen LogP contribution in [0.1, 0.15) is 16.2 Å². The first-order valence-electron chi connectivity index (χ1n) is 5.78. The largest absolute Gasteiger partial charge is 0.399 e. The van der Waals surface area contributed by atoms with E-state index in [1.807, 2.05) is 12.1 Å². The predicted molar refractivity (Wildman–Crippen MR) is 70.4 cm³/mol. The average molecular weight is 256 g/mol. The van der Waals surface area contributed by atoms with Crippen molar-refractivity contribution in [3.8, 4) is 0 Å². The van der Waals surface area contributed by atoms with Gasteiger partial charge in [-0.1, -0.05) is 5.16 Å². The zero-order valence-corrected chi connectivity index (χ0v) is 10.0. The highest BCUT2D eigenvalue weighted by atomic mass is 16.5. The Kier molecular flexibility index (Phi) is 2.68. The molecule has 3 rings (SSSR count). The predicted octanol–water partition coefficient (Wildman–Crippen LogP) is 1.67. The van der Waals surface area contributed by atoms with Crippen LogP contribution in [0.5, 0.6) is 0 Å². The van der Waals surface area contributed by atoms with E-state index in [0.717, 1.165) is 10.9 Å². The summed E-state index contributed by atoms with van der Waals surface area (Å²) in [6, 6.07) is 8.92. The normalized spacial score (nSPS) is 10.7. The lowest BCUT2D eigenvalue weighted by Gasteiger charge is -1.99. The van der Waals surface area contributed by atoms with Gasteiger partial charge in [-0.3, -0.25) is 4.79 Å². The van der Waals surface area contributed by atoms with Gasteiger partial charge < -0.3 is 20.6 Å². The van der Waals surface area contributed by atoms with Crippen LogP contribution in [0.3, 0.4) is 0 Å². The van der Waals surface area contributed by atoms with Crippen LogP contribution in [-0.4, -0.2) is 16.0 Å². The van der Waals surface area contributed by atoms with Crippen molar-refractivity contribution in [2.75, 3.05) is 5.73 Å². The lowest BCUT2D eigenvalue weighted by atomic mass is 10.2. The van der Waals surface area contributed by atoms with Crippen molar-refractivity contribution in [2.45, 2.75) is 6.54 Å². The molecule has 6 heteroatoms. The van der Waals surface area contributed by atoms with Gasteiger partial charge in [0.05, 0.1) is 12.7 Å². The standard InChI is InChI=1S/C13H12N4O2/c14-9-1-2-11-8(5-9)6-12(17-11)13(18)15-7-10-3-4-16-19-10/h1-6,17H,7,14H2,(H,15,18). The van der Waals surface area contributed by atoms with Gasteiger partial charge in [0.25, 0.3) is 5.91 Å². The highest BCUT2D eigenvalue weighted by Crippen LogP contribution is 2.18. The number of carbonyl (C=O) groups excluding carboxylic acids is 1. The molecule has 0 aliphatic carbocycles. The van der Waals surface area contributed by atoms with Gasteiger partial charge in [0.2, 0.25) is 0 Å². The molecule has 2 heterocycles. The maximum atomic E-state index is 12.0. The highest BCUT2D eigenvalue weighted by molar-refractivity contribution is 5.98. The van der Waals surface area contributed by atoms with E-state index in [1.54, 1.807) is 18.2 Å². The Hall–Kier alpha value is -2.76. The van der Waals surface area contributed by atoms with Gasteiger partial charge in [-0.2, -0.15) is 0 Å². The minimum atomic E-state index is -0.203. The number of H-pyrrole nitrogens is 1. The van der Waals surface area contributed by atoms with E-state index in [9.17, 15) is 4.79 Å². The molecule has 0 bridgehead atoms. The lowest BCUT2D eigenvalue weighted by molar-refractivity contribution is 0.0943. The zero-order valence-electron chi connectivity index (χ0n) is 10.0. The molecule has 4 N–H and O–H groups in total. The number of nitrogens with zero attached hydrogens (tertiary/aromatic N) is 1. The first kappa shape index (κ1) is 11.3. The summed E-state index contributed by atoms with van der Waals surface area (Å²) < 4.78 is 4.90. The van der Waals surface area contributed by atoms with Crippen molar-refractivity contribution in [3.05, 3.63) is 48.0 Å². The van der Waals surface area contributed by atoms with Crippen LogP contribution >= 0.6 is 0 Å². The second-order valence-corrected chi connectivity index (χ2v) is 4.19. The molecule has 19 heavy (non-hydrogen) atoms. The summed E-state index contributed by atoms with van der Waals surface area (Å²) in [6.45, 7) is 0.302. The van der Waals surface area contributed by atoms with Crippen LogP contribution in [0.2, 0.25) is 0 Å². The summed E-state index contributed by atoms with van der Waals surface area (Å²) in [7, 11) is 0. The van der Waals surface area contributed by atoms with Crippen molar-refractivity contribution >= 4 is 22.5 Å². The van der Waals surface area contributed by atoms with Gasteiger partial charge in [0, 0.05) is 22.7 Å². The van der Waals surface area contributed by atoms with E-state index in [-0.39, 0.29) is 5.91 Å². The molecule has 0 fully saturated rings.